The summed E-state index contributed by atoms with van der Waals surface area (Å²) >= 11 is 3.41. The summed E-state index contributed by atoms with van der Waals surface area (Å²) in [6.07, 6.45) is 1.43. The second-order valence-electron chi connectivity index (χ2n) is 4.39. The number of benzene rings is 1. The van der Waals surface area contributed by atoms with Crippen LogP contribution in [0.1, 0.15) is 28.9 Å². The average Bonchev–Trinajstić information content (AvgIpc) is 2.40. The van der Waals surface area contributed by atoms with Gasteiger partial charge in [0, 0.05) is 4.47 Å². The molecule has 1 atom stereocenters. The minimum absolute atomic E-state index is 0.0619. The predicted octanol–water partition coefficient (Wildman–Crippen LogP) is 3.30. The number of nitrogens with zero attached hydrogens (tertiary/aromatic N) is 1. The van der Waals surface area contributed by atoms with E-state index in [-0.39, 0.29) is 11.6 Å². The van der Waals surface area contributed by atoms with E-state index in [1.165, 1.54) is 12.3 Å². The van der Waals surface area contributed by atoms with Crippen molar-refractivity contribution in [1.82, 2.24) is 4.98 Å². The van der Waals surface area contributed by atoms with Crippen molar-refractivity contribution in [2.45, 2.75) is 13.0 Å². The summed E-state index contributed by atoms with van der Waals surface area (Å²) in [7, 11) is 0. The maximum absolute atomic E-state index is 11.2. The summed E-state index contributed by atoms with van der Waals surface area (Å²) in [5.41, 5.74) is 6.97. The van der Waals surface area contributed by atoms with Crippen molar-refractivity contribution < 1.29 is 9.90 Å². The minimum atomic E-state index is -1.06. The summed E-state index contributed by atoms with van der Waals surface area (Å²) in [6, 6.07) is 9.09. The molecular formula is C14H14BrN3O2. The van der Waals surface area contributed by atoms with Crippen molar-refractivity contribution >= 4 is 33.4 Å². The molecule has 0 aliphatic rings. The predicted molar refractivity (Wildman–Crippen MR) is 81.8 cm³/mol. The van der Waals surface area contributed by atoms with Crippen molar-refractivity contribution in [3.8, 4) is 0 Å². The maximum atomic E-state index is 11.2. The van der Waals surface area contributed by atoms with Crippen LogP contribution in [-0.2, 0) is 0 Å². The Morgan fingerprint density at radius 1 is 1.45 bits per heavy atom. The van der Waals surface area contributed by atoms with Gasteiger partial charge in [-0.1, -0.05) is 28.1 Å². The lowest BCUT2D eigenvalue weighted by Gasteiger charge is -2.17. The molecule has 1 heterocycles. The third-order valence-corrected chi connectivity index (χ3v) is 3.33. The van der Waals surface area contributed by atoms with Crippen molar-refractivity contribution in [2.75, 3.05) is 11.1 Å². The van der Waals surface area contributed by atoms with Gasteiger partial charge >= 0.3 is 5.97 Å². The van der Waals surface area contributed by atoms with Crippen LogP contribution in [-0.4, -0.2) is 16.1 Å². The van der Waals surface area contributed by atoms with E-state index >= 15 is 0 Å². The molecule has 6 heteroatoms. The average molecular weight is 336 g/mol. The summed E-state index contributed by atoms with van der Waals surface area (Å²) < 4.78 is 0.965. The molecule has 2 aromatic rings. The smallest absolute Gasteiger partial charge is 0.339 e. The zero-order chi connectivity index (χ0) is 14.7. The molecule has 1 aromatic carbocycles. The number of rotatable bonds is 4. The van der Waals surface area contributed by atoms with Crippen molar-refractivity contribution in [3.05, 3.63) is 52.1 Å². The van der Waals surface area contributed by atoms with E-state index in [4.69, 9.17) is 5.73 Å². The molecule has 104 valence electrons. The summed E-state index contributed by atoms with van der Waals surface area (Å²) in [5.74, 6) is -0.757. The first-order valence-corrected chi connectivity index (χ1v) is 6.77. The molecule has 0 aliphatic heterocycles. The van der Waals surface area contributed by atoms with E-state index in [1.807, 2.05) is 31.2 Å². The highest BCUT2D eigenvalue weighted by Gasteiger charge is 2.15. The Morgan fingerprint density at radius 2 is 2.20 bits per heavy atom. The van der Waals surface area contributed by atoms with Gasteiger partial charge in [0.15, 0.2) is 0 Å². The Hall–Kier alpha value is -2.08. The fourth-order valence-corrected chi connectivity index (χ4v) is 2.24. The number of nitrogens with one attached hydrogen (secondary N) is 1. The molecule has 0 saturated carbocycles. The van der Waals surface area contributed by atoms with Gasteiger partial charge < -0.3 is 16.2 Å². The van der Waals surface area contributed by atoms with Gasteiger partial charge in [-0.2, -0.15) is 0 Å². The van der Waals surface area contributed by atoms with Crippen molar-refractivity contribution in [3.63, 3.8) is 0 Å². The molecule has 1 aromatic heterocycles. The van der Waals surface area contributed by atoms with E-state index in [1.54, 1.807) is 0 Å². The number of carboxylic acid groups (broad SMARTS) is 1. The van der Waals surface area contributed by atoms with Crippen LogP contribution in [0, 0.1) is 0 Å². The first-order valence-electron chi connectivity index (χ1n) is 5.98. The summed E-state index contributed by atoms with van der Waals surface area (Å²) in [4.78, 5) is 15.3. The molecule has 1 unspecified atom stereocenters. The number of anilines is 2. The number of aromatic nitrogens is 1. The second-order valence-corrected chi connectivity index (χ2v) is 5.31. The van der Waals surface area contributed by atoms with Gasteiger partial charge in [0.1, 0.15) is 11.4 Å². The van der Waals surface area contributed by atoms with Gasteiger partial charge in [-0.05, 0) is 30.7 Å². The number of carboxylic acids is 1. The fourth-order valence-electron chi connectivity index (χ4n) is 1.82. The highest BCUT2D eigenvalue weighted by atomic mass is 79.9. The number of halogens is 1. The Balaban J connectivity index is 2.28. The van der Waals surface area contributed by atoms with Crippen molar-refractivity contribution in [1.29, 1.82) is 0 Å². The van der Waals surface area contributed by atoms with Gasteiger partial charge in [0.25, 0.3) is 0 Å². The normalized spacial score (nSPS) is 11.9. The molecule has 4 N–H and O–H groups in total. The van der Waals surface area contributed by atoms with Gasteiger partial charge in [-0.3, -0.25) is 0 Å². The van der Waals surface area contributed by atoms with E-state index in [9.17, 15) is 9.90 Å². The molecule has 20 heavy (non-hydrogen) atoms. The number of pyridine rings is 1. The molecule has 0 aliphatic carbocycles. The molecule has 5 nitrogen and oxygen atoms in total. The topological polar surface area (TPSA) is 88.2 Å². The van der Waals surface area contributed by atoms with E-state index in [0.717, 1.165) is 10.0 Å². The first-order chi connectivity index (χ1) is 9.47. The number of aromatic carboxylic acids is 1. The Bertz CT molecular complexity index is 646. The zero-order valence-electron chi connectivity index (χ0n) is 10.8. The van der Waals surface area contributed by atoms with Gasteiger partial charge in [0.2, 0.25) is 0 Å². The lowest BCUT2D eigenvalue weighted by Crippen LogP contribution is -2.12. The van der Waals surface area contributed by atoms with Crippen LogP contribution in [0.5, 0.6) is 0 Å². The number of hydrogen-bond donors (Lipinski definition) is 3. The van der Waals surface area contributed by atoms with Crippen LogP contribution in [0.2, 0.25) is 0 Å². The molecule has 0 radical (unpaired) electrons. The van der Waals surface area contributed by atoms with Crippen LogP contribution < -0.4 is 11.1 Å². The fraction of sp³-hybridized carbons (Fsp3) is 0.143. The lowest BCUT2D eigenvalue weighted by atomic mass is 10.1. The number of nitrogen functional groups attached to an aromatic ring is 1. The lowest BCUT2D eigenvalue weighted by molar-refractivity contribution is 0.0697. The number of hydrogen-bond acceptors (Lipinski definition) is 4. The third kappa shape index (κ3) is 3.27. The van der Waals surface area contributed by atoms with Crippen molar-refractivity contribution in [2.24, 2.45) is 0 Å². The molecule has 0 saturated heterocycles. The Kier molecular flexibility index (Phi) is 4.24. The van der Waals surface area contributed by atoms with Crippen LogP contribution in [0.15, 0.2) is 41.0 Å². The molecule has 2 rings (SSSR count). The standard InChI is InChI=1S/C14H14BrN3O2/c1-8(9-3-2-4-10(15)5-9)18-13-12(14(19)20)6-11(16)7-17-13/h2-8H,16H2,1H3,(H,17,18)(H,19,20). The van der Waals surface area contributed by atoms with E-state index in [0.29, 0.717) is 11.5 Å². The third-order valence-electron chi connectivity index (χ3n) is 2.84. The molecule has 0 amide bonds. The highest BCUT2D eigenvalue weighted by molar-refractivity contribution is 9.10. The Labute approximate surface area is 125 Å². The summed E-state index contributed by atoms with van der Waals surface area (Å²) in [5, 5.41) is 12.3. The van der Waals surface area contributed by atoms with Crippen LogP contribution in [0.4, 0.5) is 11.5 Å². The maximum Gasteiger partial charge on any atom is 0.339 e. The summed E-state index contributed by atoms with van der Waals surface area (Å²) in [6.45, 7) is 1.94. The molecule has 0 fully saturated rings. The van der Waals surface area contributed by atoms with Crippen LogP contribution >= 0.6 is 15.9 Å². The largest absolute Gasteiger partial charge is 0.478 e. The highest BCUT2D eigenvalue weighted by Crippen LogP contribution is 2.24. The SMILES string of the molecule is CC(Nc1ncc(N)cc1C(=O)O)c1cccc(Br)c1. The molecule has 0 spiro atoms. The zero-order valence-corrected chi connectivity index (χ0v) is 12.4. The quantitative estimate of drug-likeness (QED) is 0.797. The molecule has 0 bridgehead atoms. The molecular weight excluding hydrogens is 322 g/mol. The van der Waals surface area contributed by atoms with Gasteiger partial charge in [-0.15, -0.1) is 0 Å². The van der Waals surface area contributed by atoms with E-state index in [2.05, 4.69) is 26.2 Å². The first kappa shape index (κ1) is 14.3. The number of nitrogens with two attached hydrogens (primary N) is 1. The second kappa shape index (κ2) is 5.92. The number of carbonyl (C=O) groups is 1. The van der Waals surface area contributed by atoms with Gasteiger partial charge in [-0.25, -0.2) is 9.78 Å². The monoisotopic (exact) mass is 335 g/mol. The Morgan fingerprint density at radius 3 is 2.85 bits per heavy atom. The minimum Gasteiger partial charge on any atom is -0.478 e. The van der Waals surface area contributed by atoms with E-state index < -0.39 is 5.97 Å². The van der Waals surface area contributed by atoms with Gasteiger partial charge in [0.05, 0.1) is 17.9 Å². The van der Waals surface area contributed by atoms with Crippen LogP contribution in [0.3, 0.4) is 0 Å². The van der Waals surface area contributed by atoms with Crippen LogP contribution in [0.25, 0.3) is 0 Å².